The van der Waals surface area contributed by atoms with Gasteiger partial charge in [-0.1, -0.05) is 46.7 Å². The lowest BCUT2D eigenvalue weighted by Crippen LogP contribution is -2.40. The number of nitrogens with zero attached hydrogens (tertiary/aromatic N) is 2. The van der Waals surface area contributed by atoms with Gasteiger partial charge in [-0.05, 0) is 75.1 Å². The fraction of sp³-hybridized carbons (Fsp3) is 0.207. The highest BCUT2D eigenvalue weighted by atomic mass is 35.5. The molecule has 39 heavy (non-hydrogen) atoms. The summed E-state index contributed by atoms with van der Waals surface area (Å²) >= 11 is 15.1. The van der Waals surface area contributed by atoms with Crippen LogP contribution in [0.3, 0.4) is 0 Å². The number of fused-ring (bicyclic) bond motifs is 1. The van der Waals surface area contributed by atoms with Gasteiger partial charge in [0.1, 0.15) is 11.5 Å². The SMILES string of the molecule is CSc1ccc([C@@H]2C(C(=O)OC(C)C)=C(C)N=c3s/c(=C\c4ccc(-c5ccc(Cl)c(Cl)c5)o4)c(=O)n32)cc1. The van der Waals surface area contributed by atoms with Crippen LogP contribution >= 0.6 is 46.3 Å². The van der Waals surface area contributed by atoms with Crippen molar-refractivity contribution in [2.45, 2.75) is 37.8 Å². The second-order valence-corrected chi connectivity index (χ2v) is 11.8. The number of esters is 1. The van der Waals surface area contributed by atoms with E-state index in [2.05, 4.69) is 4.99 Å². The van der Waals surface area contributed by atoms with Crippen LogP contribution in [0.15, 0.2) is 85.0 Å². The molecule has 6 nitrogen and oxygen atoms in total. The normalized spacial score (nSPS) is 15.5. The lowest BCUT2D eigenvalue weighted by Gasteiger charge is -2.25. The maximum atomic E-state index is 13.8. The van der Waals surface area contributed by atoms with Crippen LogP contribution in [-0.2, 0) is 9.53 Å². The molecular weight excluding hydrogens is 575 g/mol. The predicted molar refractivity (Wildman–Crippen MR) is 157 cm³/mol. The Kier molecular flexibility index (Phi) is 7.91. The van der Waals surface area contributed by atoms with Gasteiger partial charge in [-0.3, -0.25) is 9.36 Å². The third-order valence-electron chi connectivity index (χ3n) is 6.12. The lowest BCUT2D eigenvalue weighted by molar-refractivity contribution is -0.143. The van der Waals surface area contributed by atoms with Crippen LogP contribution < -0.4 is 14.9 Å². The van der Waals surface area contributed by atoms with E-state index in [1.54, 1.807) is 61.4 Å². The van der Waals surface area contributed by atoms with Gasteiger partial charge in [0, 0.05) is 16.5 Å². The summed E-state index contributed by atoms with van der Waals surface area (Å²) in [6.07, 6.45) is 3.37. The minimum absolute atomic E-state index is 0.271. The Labute approximate surface area is 243 Å². The zero-order chi connectivity index (χ0) is 27.8. The molecule has 0 saturated carbocycles. The minimum atomic E-state index is -0.672. The van der Waals surface area contributed by atoms with E-state index in [0.717, 1.165) is 16.0 Å². The van der Waals surface area contributed by atoms with E-state index in [-0.39, 0.29) is 11.7 Å². The zero-order valence-corrected chi connectivity index (χ0v) is 24.7. The van der Waals surface area contributed by atoms with Crippen LogP contribution in [-0.4, -0.2) is 22.9 Å². The Hall–Kier alpha value is -3.04. The number of carbonyl (C=O) groups is 1. The molecule has 5 rings (SSSR count). The fourth-order valence-corrected chi connectivity index (χ4v) is 6.06. The van der Waals surface area contributed by atoms with E-state index in [1.165, 1.54) is 11.3 Å². The quantitative estimate of drug-likeness (QED) is 0.188. The molecule has 0 unspecified atom stereocenters. The van der Waals surface area contributed by atoms with Gasteiger partial charge in [-0.25, -0.2) is 9.79 Å². The van der Waals surface area contributed by atoms with E-state index in [0.29, 0.717) is 42.2 Å². The molecule has 10 heteroatoms. The molecule has 0 radical (unpaired) electrons. The molecule has 0 fully saturated rings. The Morgan fingerprint density at radius 2 is 1.87 bits per heavy atom. The number of thiazole rings is 1. The van der Waals surface area contributed by atoms with E-state index < -0.39 is 12.0 Å². The average molecular weight is 600 g/mol. The summed E-state index contributed by atoms with van der Waals surface area (Å²) < 4.78 is 13.6. The van der Waals surface area contributed by atoms with Crippen LogP contribution in [0.2, 0.25) is 10.0 Å². The second-order valence-electron chi connectivity index (χ2n) is 9.14. The highest BCUT2D eigenvalue weighted by Gasteiger charge is 2.33. The van der Waals surface area contributed by atoms with Gasteiger partial charge in [0.05, 0.1) is 38.0 Å². The number of ether oxygens (including phenoxy) is 1. The molecule has 3 heterocycles. The summed E-state index contributed by atoms with van der Waals surface area (Å²) in [5.74, 6) is 0.600. The Morgan fingerprint density at radius 1 is 1.13 bits per heavy atom. The number of benzene rings is 2. The maximum absolute atomic E-state index is 13.8. The summed E-state index contributed by atoms with van der Waals surface area (Å²) in [5, 5.41) is 0.881. The molecule has 0 N–H and O–H groups in total. The van der Waals surface area contributed by atoms with Gasteiger partial charge >= 0.3 is 5.97 Å². The minimum Gasteiger partial charge on any atom is -0.459 e. The van der Waals surface area contributed by atoms with Crippen LogP contribution in [0.5, 0.6) is 0 Å². The molecule has 2 aromatic heterocycles. The molecule has 0 saturated heterocycles. The highest BCUT2D eigenvalue weighted by Crippen LogP contribution is 2.32. The number of allylic oxidation sites excluding steroid dienone is 1. The van der Waals surface area contributed by atoms with Crippen molar-refractivity contribution < 1.29 is 13.9 Å². The van der Waals surface area contributed by atoms with Crippen LogP contribution in [0, 0.1) is 0 Å². The van der Waals surface area contributed by atoms with E-state index in [4.69, 9.17) is 32.4 Å². The van der Waals surface area contributed by atoms with Crippen molar-refractivity contribution in [2.24, 2.45) is 4.99 Å². The number of thioether (sulfide) groups is 1. The summed E-state index contributed by atoms with van der Waals surface area (Å²) in [6, 6.07) is 16.0. The summed E-state index contributed by atoms with van der Waals surface area (Å²) in [5.41, 5.74) is 2.16. The molecule has 200 valence electrons. The smallest absolute Gasteiger partial charge is 0.338 e. The molecule has 0 amide bonds. The number of rotatable bonds is 6. The fourth-order valence-electron chi connectivity index (χ4n) is 4.33. The van der Waals surface area contributed by atoms with Crippen LogP contribution in [0.1, 0.15) is 38.1 Å². The van der Waals surface area contributed by atoms with Crippen molar-refractivity contribution >= 4 is 58.3 Å². The number of aromatic nitrogens is 1. The van der Waals surface area contributed by atoms with E-state index in [1.807, 2.05) is 42.7 Å². The zero-order valence-electron chi connectivity index (χ0n) is 21.5. The second kappa shape index (κ2) is 11.2. The van der Waals surface area contributed by atoms with Crippen LogP contribution in [0.4, 0.5) is 0 Å². The topological polar surface area (TPSA) is 73.8 Å². The number of hydrogen-bond acceptors (Lipinski definition) is 7. The Balaban J connectivity index is 1.62. The number of halogens is 2. The number of carbonyl (C=O) groups excluding carboxylic acids is 1. The van der Waals surface area contributed by atoms with Crippen molar-refractivity contribution in [2.75, 3.05) is 6.26 Å². The molecule has 0 bridgehead atoms. The molecule has 2 aromatic carbocycles. The van der Waals surface area contributed by atoms with Gasteiger partial charge in [0.15, 0.2) is 4.80 Å². The summed E-state index contributed by atoms with van der Waals surface area (Å²) in [6.45, 7) is 5.36. The summed E-state index contributed by atoms with van der Waals surface area (Å²) in [7, 11) is 0. The predicted octanol–water partition coefficient (Wildman–Crippen LogP) is 6.48. The van der Waals surface area contributed by atoms with Gasteiger partial charge in [-0.15, -0.1) is 11.8 Å². The maximum Gasteiger partial charge on any atom is 0.338 e. The van der Waals surface area contributed by atoms with Crippen molar-refractivity contribution in [1.82, 2.24) is 4.57 Å². The molecule has 1 aliphatic rings. The summed E-state index contributed by atoms with van der Waals surface area (Å²) in [4.78, 5) is 33.3. The van der Waals surface area contributed by atoms with Gasteiger partial charge in [0.2, 0.25) is 0 Å². The first-order chi connectivity index (χ1) is 18.7. The van der Waals surface area contributed by atoms with Gasteiger partial charge in [0.25, 0.3) is 5.56 Å². The molecule has 4 aromatic rings. The molecular formula is C29H24Cl2N2O4S2. The lowest BCUT2D eigenvalue weighted by atomic mass is 9.96. The first-order valence-electron chi connectivity index (χ1n) is 12.1. The van der Waals surface area contributed by atoms with Gasteiger partial charge < -0.3 is 9.15 Å². The Bertz CT molecular complexity index is 1780. The van der Waals surface area contributed by atoms with E-state index in [9.17, 15) is 9.59 Å². The number of hydrogen-bond donors (Lipinski definition) is 0. The average Bonchev–Trinajstić information content (AvgIpc) is 3.49. The third kappa shape index (κ3) is 5.52. The third-order valence-corrected chi connectivity index (χ3v) is 8.59. The van der Waals surface area contributed by atoms with E-state index >= 15 is 0 Å². The van der Waals surface area contributed by atoms with Crippen LogP contribution in [0.25, 0.3) is 17.4 Å². The molecule has 0 spiro atoms. The largest absolute Gasteiger partial charge is 0.459 e. The van der Waals surface area contributed by atoms with Gasteiger partial charge in [-0.2, -0.15) is 0 Å². The molecule has 0 aliphatic carbocycles. The van der Waals surface area contributed by atoms with Crippen molar-refractivity contribution in [3.63, 3.8) is 0 Å². The highest BCUT2D eigenvalue weighted by molar-refractivity contribution is 7.98. The number of furan rings is 1. The molecule has 1 aliphatic heterocycles. The monoisotopic (exact) mass is 598 g/mol. The molecule has 1 atom stereocenters. The first-order valence-corrected chi connectivity index (χ1v) is 14.9. The van der Waals surface area contributed by atoms with Crippen molar-refractivity contribution in [3.8, 4) is 11.3 Å². The Morgan fingerprint density at radius 3 is 2.54 bits per heavy atom. The van der Waals surface area contributed by atoms with Crippen molar-refractivity contribution in [1.29, 1.82) is 0 Å². The first kappa shape index (κ1) is 27.5. The van der Waals surface area contributed by atoms with Crippen molar-refractivity contribution in [3.05, 3.63) is 107 Å². The standard InChI is InChI=1S/C29H24Cl2N2O4S2/c1-15(2)36-28(35)25-16(3)32-29-33(26(25)17-5-9-20(38-4)10-6-17)27(34)24(39-29)14-19-8-12-23(37-19)18-7-11-21(30)22(31)13-18/h5-15,26H,1-4H3/b24-14-/t26-/m1/s1.